The number of aliphatic hydroxyl groups is 2. The summed E-state index contributed by atoms with van der Waals surface area (Å²) in [5, 5.41) is 20.3. The van der Waals surface area contributed by atoms with Crippen molar-refractivity contribution in [2.75, 3.05) is 45.9 Å². The molecule has 2 aromatic carbocycles. The second-order valence-corrected chi connectivity index (χ2v) is 13.8. The molecule has 2 aliphatic heterocycles. The minimum Gasteiger partial charge on any atom is -0.396 e. The third-order valence-corrected chi connectivity index (χ3v) is 10.7. The lowest BCUT2D eigenvalue weighted by Gasteiger charge is -2.47. The van der Waals surface area contributed by atoms with Gasteiger partial charge in [0.25, 0.3) is 0 Å². The Bertz CT molecular complexity index is 1130. The van der Waals surface area contributed by atoms with E-state index < -0.39 is 0 Å². The highest BCUT2D eigenvalue weighted by atomic mass is 35.5. The highest BCUT2D eigenvalue weighted by molar-refractivity contribution is 6.30. The summed E-state index contributed by atoms with van der Waals surface area (Å²) in [6.07, 6.45) is 11.3. The van der Waals surface area contributed by atoms with Crippen LogP contribution in [0.3, 0.4) is 0 Å². The first-order valence-corrected chi connectivity index (χ1v) is 16.4. The van der Waals surface area contributed by atoms with Crippen molar-refractivity contribution >= 4 is 29.1 Å². The number of piperidine rings is 2. The molecule has 0 bridgehead atoms. The zero-order chi connectivity index (χ0) is 28.9. The molecular weight excluding hydrogens is 555 g/mol. The number of nitrogens with zero attached hydrogens (tertiary/aromatic N) is 2. The molecule has 2 atom stereocenters. The first kappa shape index (κ1) is 30.8. The van der Waals surface area contributed by atoms with Crippen molar-refractivity contribution in [3.63, 3.8) is 0 Å². The van der Waals surface area contributed by atoms with Gasteiger partial charge in [0.2, 0.25) is 5.91 Å². The highest BCUT2D eigenvalue weighted by Gasteiger charge is 2.48. The summed E-state index contributed by atoms with van der Waals surface area (Å²) >= 11 is 12.0. The average Bonchev–Trinajstić information content (AvgIpc) is 2.96. The second-order valence-electron chi connectivity index (χ2n) is 13.0. The molecule has 4 fully saturated rings. The molecule has 2 N–H and O–H groups in total. The normalized spacial score (nSPS) is 25.3. The third kappa shape index (κ3) is 6.96. The van der Waals surface area contributed by atoms with E-state index in [9.17, 15) is 15.0 Å². The van der Waals surface area contributed by atoms with Crippen LogP contribution in [0.5, 0.6) is 0 Å². The van der Waals surface area contributed by atoms with Crippen LogP contribution in [0.1, 0.15) is 75.3 Å². The van der Waals surface area contributed by atoms with Crippen molar-refractivity contribution in [2.24, 2.45) is 11.8 Å². The summed E-state index contributed by atoms with van der Waals surface area (Å²) in [5.74, 6) is 0.963. The van der Waals surface area contributed by atoms with Crippen molar-refractivity contribution in [2.45, 2.75) is 75.0 Å². The summed E-state index contributed by atoms with van der Waals surface area (Å²) in [6, 6.07) is 16.2. The molecule has 2 saturated carbocycles. The van der Waals surface area contributed by atoms with Crippen molar-refractivity contribution in [3.8, 4) is 0 Å². The molecule has 0 radical (unpaired) electrons. The number of hydrogen-bond donors (Lipinski definition) is 2. The molecule has 224 valence electrons. The lowest BCUT2D eigenvalue weighted by Crippen LogP contribution is -2.53. The van der Waals surface area contributed by atoms with Crippen LogP contribution in [0, 0.1) is 11.8 Å². The Labute approximate surface area is 255 Å². The van der Waals surface area contributed by atoms with Crippen LogP contribution < -0.4 is 0 Å². The van der Waals surface area contributed by atoms with Crippen LogP contribution in [0.15, 0.2) is 48.5 Å². The largest absolute Gasteiger partial charge is 0.396 e. The minimum absolute atomic E-state index is 0.178. The summed E-state index contributed by atoms with van der Waals surface area (Å²) < 4.78 is 0. The first-order chi connectivity index (χ1) is 19.9. The monoisotopic (exact) mass is 600 g/mol. The van der Waals surface area contributed by atoms with Gasteiger partial charge in [-0.1, -0.05) is 60.3 Å². The van der Waals surface area contributed by atoms with Gasteiger partial charge < -0.3 is 20.0 Å². The standard InChI is InChI=1S/C17H22ClNO2.C17H24ClNO/c18-15-6-4-14(5-7-15)17(8-2-9-17)16(21)19-10-1-3-13(11-19)12-20;18-16-6-4-15(5-7-16)17(8-2-9-17)13-19-10-1-3-14(11-19)12-20/h4-7,13,20H,1-3,8-12H2;4-7,14,20H,1-3,8-13H2. The second kappa shape index (κ2) is 13.8. The fourth-order valence-corrected chi connectivity index (χ4v) is 7.70. The Morgan fingerprint density at radius 3 is 1.78 bits per heavy atom. The van der Waals surface area contributed by atoms with Gasteiger partial charge in [-0.2, -0.15) is 0 Å². The molecule has 7 heteroatoms. The van der Waals surface area contributed by atoms with E-state index in [1.165, 1.54) is 44.2 Å². The third-order valence-electron chi connectivity index (χ3n) is 10.2. The van der Waals surface area contributed by atoms with E-state index in [2.05, 4.69) is 17.0 Å². The van der Waals surface area contributed by atoms with E-state index >= 15 is 0 Å². The molecule has 6 rings (SSSR count). The van der Waals surface area contributed by atoms with Gasteiger partial charge in [-0.05, 0) is 105 Å². The molecule has 0 spiro atoms. The van der Waals surface area contributed by atoms with Crippen molar-refractivity contribution in [1.29, 1.82) is 0 Å². The van der Waals surface area contributed by atoms with Gasteiger partial charge in [-0.25, -0.2) is 0 Å². The van der Waals surface area contributed by atoms with E-state index in [4.69, 9.17) is 23.2 Å². The molecule has 2 saturated heterocycles. The predicted octanol–water partition coefficient (Wildman–Crippen LogP) is 6.46. The van der Waals surface area contributed by atoms with Gasteiger partial charge in [-0.3, -0.25) is 4.79 Å². The molecule has 2 aromatic rings. The molecule has 5 nitrogen and oxygen atoms in total. The molecule has 2 unspecified atom stereocenters. The van der Waals surface area contributed by atoms with E-state index in [0.29, 0.717) is 29.5 Å². The van der Waals surface area contributed by atoms with Gasteiger partial charge in [0.05, 0.1) is 5.41 Å². The summed E-state index contributed by atoms with van der Waals surface area (Å²) in [7, 11) is 0. The summed E-state index contributed by atoms with van der Waals surface area (Å²) in [6.45, 7) is 5.43. The molecule has 41 heavy (non-hydrogen) atoms. The van der Waals surface area contributed by atoms with Gasteiger partial charge in [0.1, 0.15) is 0 Å². The fourth-order valence-electron chi connectivity index (χ4n) is 7.44. The van der Waals surface area contributed by atoms with Crippen LogP contribution in [0.4, 0.5) is 0 Å². The van der Waals surface area contributed by atoms with E-state index in [0.717, 1.165) is 62.3 Å². The van der Waals surface area contributed by atoms with Crippen LogP contribution in [0.25, 0.3) is 0 Å². The van der Waals surface area contributed by atoms with Gasteiger partial charge in [-0.15, -0.1) is 0 Å². The maximum absolute atomic E-state index is 13.1. The van der Waals surface area contributed by atoms with E-state index in [1.807, 2.05) is 41.3 Å². The maximum Gasteiger partial charge on any atom is 0.233 e. The Morgan fingerprint density at radius 1 is 0.732 bits per heavy atom. The zero-order valence-corrected chi connectivity index (χ0v) is 25.8. The first-order valence-electron chi connectivity index (χ1n) is 15.6. The van der Waals surface area contributed by atoms with Gasteiger partial charge >= 0.3 is 0 Å². The predicted molar refractivity (Wildman–Crippen MR) is 167 cm³/mol. The fraction of sp³-hybridized carbons (Fsp3) is 0.618. The molecule has 1 amide bonds. The molecule has 2 heterocycles. The Hall–Kier alpha value is -1.63. The van der Waals surface area contributed by atoms with Crippen molar-refractivity contribution in [3.05, 3.63) is 69.7 Å². The van der Waals surface area contributed by atoms with Crippen LogP contribution in [-0.4, -0.2) is 71.9 Å². The SMILES string of the molecule is O=C(N1CCCC(CO)C1)C1(c2ccc(Cl)cc2)CCC1.OCC1CCCN(CC2(c3ccc(Cl)cc3)CCC2)C1. The van der Waals surface area contributed by atoms with Crippen molar-refractivity contribution < 1.29 is 15.0 Å². The van der Waals surface area contributed by atoms with Crippen LogP contribution in [-0.2, 0) is 15.6 Å². The van der Waals surface area contributed by atoms with Gasteiger partial charge in [0.15, 0.2) is 0 Å². The number of amides is 1. The lowest BCUT2D eigenvalue weighted by molar-refractivity contribution is -0.143. The number of carbonyl (C=O) groups excluding carboxylic acids is 1. The maximum atomic E-state index is 13.1. The summed E-state index contributed by atoms with van der Waals surface area (Å²) in [4.78, 5) is 17.6. The number of halogens is 2. The topological polar surface area (TPSA) is 64.0 Å². The number of hydrogen-bond acceptors (Lipinski definition) is 4. The molecule has 4 aliphatic rings. The number of aliphatic hydroxyl groups excluding tert-OH is 2. The number of rotatable bonds is 7. The lowest BCUT2D eigenvalue weighted by atomic mass is 9.63. The Balaban J connectivity index is 0.000000165. The number of benzene rings is 2. The summed E-state index contributed by atoms with van der Waals surface area (Å²) in [5.41, 5.74) is 2.53. The van der Waals surface area contributed by atoms with Crippen LogP contribution >= 0.6 is 23.2 Å². The molecule has 0 aromatic heterocycles. The smallest absolute Gasteiger partial charge is 0.233 e. The highest BCUT2D eigenvalue weighted by Crippen LogP contribution is 2.46. The van der Waals surface area contributed by atoms with Gasteiger partial charge in [0, 0.05) is 54.9 Å². The minimum atomic E-state index is -0.345. The Morgan fingerprint density at radius 2 is 1.27 bits per heavy atom. The zero-order valence-electron chi connectivity index (χ0n) is 24.2. The van der Waals surface area contributed by atoms with Crippen LogP contribution in [0.2, 0.25) is 10.0 Å². The van der Waals surface area contributed by atoms with E-state index in [-0.39, 0.29) is 23.8 Å². The quantitative estimate of drug-likeness (QED) is 0.383. The van der Waals surface area contributed by atoms with E-state index in [1.54, 1.807) is 0 Å². The number of likely N-dealkylation sites (tertiary alicyclic amines) is 2. The Kier molecular flexibility index (Phi) is 10.4. The molecular formula is C34H46Cl2N2O3. The van der Waals surface area contributed by atoms with Crippen molar-refractivity contribution in [1.82, 2.24) is 9.80 Å². The molecule has 2 aliphatic carbocycles. The number of carbonyl (C=O) groups is 1. The average molecular weight is 602 g/mol.